The third kappa shape index (κ3) is 1.89. The number of benzene rings is 1. The zero-order chi connectivity index (χ0) is 9.26. The van der Waals surface area contributed by atoms with Crippen LogP contribution in [0.2, 0.25) is 0 Å². The molecule has 2 heteroatoms. The molecule has 1 aliphatic carbocycles. The van der Waals surface area contributed by atoms with E-state index in [4.69, 9.17) is 5.73 Å². The maximum Gasteiger partial charge on any atom is 0.0334 e. The summed E-state index contributed by atoms with van der Waals surface area (Å²) in [4.78, 5) is 0. The molecule has 0 bridgehead atoms. The van der Waals surface area contributed by atoms with Crippen molar-refractivity contribution in [2.45, 2.75) is 25.3 Å². The van der Waals surface area contributed by atoms with Crippen molar-refractivity contribution in [3.8, 4) is 0 Å². The lowest BCUT2D eigenvalue weighted by molar-refractivity contribution is 0.264. The van der Waals surface area contributed by atoms with Crippen LogP contribution in [0.5, 0.6) is 0 Å². The molecule has 1 aliphatic rings. The number of nitrogens with two attached hydrogens (primary N) is 1. The van der Waals surface area contributed by atoms with Gasteiger partial charge < -0.3 is 5.73 Å². The fraction of sp³-hybridized carbons (Fsp3) is 0.455. The van der Waals surface area contributed by atoms with Gasteiger partial charge in [0.15, 0.2) is 0 Å². The Morgan fingerprint density at radius 2 is 2.00 bits per heavy atom. The molecular weight excluding hydrogens is 273 g/mol. The highest BCUT2D eigenvalue weighted by molar-refractivity contribution is 14.1. The largest absolute Gasteiger partial charge is 0.324 e. The van der Waals surface area contributed by atoms with Crippen LogP contribution in [-0.4, -0.2) is 0 Å². The normalized spacial score (nSPS) is 19.5. The van der Waals surface area contributed by atoms with E-state index in [9.17, 15) is 0 Å². The number of halogens is 1. The summed E-state index contributed by atoms with van der Waals surface area (Å²) in [6, 6.07) is 8.70. The Labute approximate surface area is 92.9 Å². The smallest absolute Gasteiger partial charge is 0.0334 e. The van der Waals surface area contributed by atoms with Gasteiger partial charge >= 0.3 is 0 Å². The quantitative estimate of drug-likeness (QED) is 0.831. The molecule has 1 aromatic carbocycles. The monoisotopic (exact) mass is 287 g/mol. The minimum absolute atomic E-state index is 0.266. The molecule has 2 N–H and O–H groups in total. The van der Waals surface area contributed by atoms with Crippen LogP contribution in [0, 0.1) is 9.49 Å². The summed E-state index contributed by atoms with van der Waals surface area (Å²) in [5, 5.41) is 0. The van der Waals surface area contributed by atoms with Gasteiger partial charge in [0, 0.05) is 9.61 Å². The Morgan fingerprint density at radius 1 is 1.31 bits per heavy atom. The van der Waals surface area contributed by atoms with E-state index < -0.39 is 0 Å². The molecule has 13 heavy (non-hydrogen) atoms. The van der Waals surface area contributed by atoms with Crippen LogP contribution in [0.1, 0.15) is 30.9 Å². The molecule has 0 heterocycles. The lowest BCUT2D eigenvalue weighted by Crippen LogP contribution is -2.27. The Bertz CT molecular complexity index is 294. The first-order valence-corrected chi connectivity index (χ1v) is 5.87. The van der Waals surface area contributed by atoms with Gasteiger partial charge in [-0.3, -0.25) is 0 Å². The molecule has 0 spiro atoms. The molecule has 2 rings (SSSR count). The second-order valence-electron chi connectivity index (χ2n) is 3.74. The molecule has 0 amide bonds. The molecule has 1 nitrogen and oxygen atoms in total. The second-order valence-corrected chi connectivity index (χ2v) is 4.90. The van der Waals surface area contributed by atoms with Crippen molar-refractivity contribution < 1.29 is 0 Å². The molecule has 0 unspecified atom stereocenters. The van der Waals surface area contributed by atoms with Crippen LogP contribution >= 0.6 is 22.6 Å². The summed E-state index contributed by atoms with van der Waals surface area (Å²) in [6.45, 7) is 0. The molecule has 0 aromatic heterocycles. The molecule has 1 saturated carbocycles. The molecule has 0 radical (unpaired) electrons. The Balaban J connectivity index is 2.18. The first-order chi connectivity index (χ1) is 6.29. The van der Waals surface area contributed by atoms with E-state index in [2.05, 4.69) is 46.9 Å². The van der Waals surface area contributed by atoms with Crippen molar-refractivity contribution in [3.63, 3.8) is 0 Å². The summed E-state index contributed by atoms with van der Waals surface area (Å²) < 4.78 is 1.31. The molecule has 0 saturated heterocycles. The average molecular weight is 287 g/mol. The van der Waals surface area contributed by atoms with Gasteiger partial charge in [0.25, 0.3) is 0 Å². The van der Waals surface area contributed by atoms with Gasteiger partial charge in [-0.15, -0.1) is 0 Å². The number of rotatable bonds is 2. The van der Waals surface area contributed by atoms with E-state index in [-0.39, 0.29) is 6.04 Å². The van der Waals surface area contributed by atoms with Crippen LogP contribution in [0.4, 0.5) is 0 Å². The van der Waals surface area contributed by atoms with Gasteiger partial charge in [-0.1, -0.05) is 24.6 Å². The van der Waals surface area contributed by atoms with Gasteiger partial charge in [0.2, 0.25) is 0 Å². The predicted octanol–water partition coefficient (Wildman–Crippen LogP) is 3.09. The third-order valence-electron chi connectivity index (χ3n) is 2.92. The molecule has 70 valence electrons. The SMILES string of the molecule is N[C@@H](c1ccccc1I)C1CCC1. The standard InChI is InChI=1S/C11H14IN/c12-10-7-2-1-6-9(10)11(13)8-4-3-5-8/h1-2,6-8,11H,3-5,13H2/t11-/m1/s1. The van der Waals surface area contributed by atoms with Crippen LogP contribution in [0.15, 0.2) is 24.3 Å². The van der Waals surface area contributed by atoms with E-state index in [1.165, 1.54) is 28.4 Å². The summed E-state index contributed by atoms with van der Waals surface area (Å²) in [6.07, 6.45) is 3.99. The highest BCUT2D eigenvalue weighted by Gasteiger charge is 2.26. The molecular formula is C11H14IN. The predicted molar refractivity (Wildman–Crippen MR) is 63.4 cm³/mol. The van der Waals surface area contributed by atoms with Crippen molar-refractivity contribution in [2.24, 2.45) is 11.7 Å². The first-order valence-electron chi connectivity index (χ1n) is 4.79. The van der Waals surface area contributed by atoms with Crippen LogP contribution in [-0.2, 0) is 0 Å². The Kier molecular flexibility index (Phi) is 2.89. The van der Waals surface area contributed by atoms with Gasteiger partial charge in [-0.2, -0.15) is 0 Å². The lowest BCUT2D eigenvalue weighted by atomic mass is 9.78. The molecule has 1 atom stereocenters. The Morgan fingerprint density at radius 3 is 2.54 bits per heavy atom. The van der Waals surface area contributed by atoms with Crippen molar-refractivity contribution in [2.75, 3.05) is 0 Å². The van der Waals surface area contributed by atoms with Gasteiger partial charge in [-0.05, 0) is 53.0 Å². The highest BCUT2D eigenvalue weighted by atomic mass is 127. The summed E-state index contributed by atoms with van der Waals surface area (Å²) in [5.74, 6) is 0.732. The van der Waals surface area contributed by atoms with Gasteiger partial charge in [0.1, 0.15) is 0 Å². The van der Waals surface area contributed by atoms with Crippen molar-refractivity contribution >= 4 is 22.6 Å². The minimum atomic E-state index is 0.266. The van der Waals surface area contributed by atoms with Gasteiger partial charge in [-0.25, -0.2) is 0 Å². The van der Waals surface area contributed by atoms with Crippen LogP contribution in [0.3, 0.4) is 0 Å². The van der Waals surface area contributed by atoms with E-state index in [1.807, 2.05) is 0 Å². The topological polar surface area (TPSA) is 26.0 Å². The average Bonchev–Trinajstić information content (AvgIpc) is 2.01. The number of hydrogen-bond donors (Lipinski definition) is 1. The van der Waals surface area contributed by atoms with Crippen LogP contribution in [0.25, 0.3) is 0 Å². The Hall–Kier alpha value is -0.0900. The van der Waals surface area contributed by atoms with E-state index in [1.54, 1.807) is 0 Å². The number of hydrogen-bond acceptors (Lipinski definition) is 1. The fourth-order valence-corrected chi connectivity index (χ4v) is 2.55. The zero-order valence-electron chi connectivity index (χ0n) is 7.54. The molecule has 1 aromatic rings. The van der Waals surface area contributed by atoms with Crippen molar-refractivity contribution in [1.29, 1.82) is 0 Å². The molecule has 0 aliphatic heterocycles. The summed E-state index contributed by atoms with van der Waals surface area (Å²) in [5.41, 5.74) is 7.52. The zero-order valence-corrected chi connectivity index (χ0v) is 9.70. The van der Waals surface area contributed by atoms with Crippen molar-refractivity contribution in [1.82, 2.24) is 0 Å². The summed E-state index contributed by atoms with van der Waals surface area (Å²) in [7, 11) is 0. The van der Waals surface area contributed by atoms with Gasteiger partial charge in [0.05, 0.1) is 0 Å². The summed E-state index contributed by atoms with van der Waals surface area (Å²) >= 11 is 2.37. The molecule has 1 fully saturated rings. The highest BCUT2D eigenvalue weighted by Crippen LogP contribution is 2.37. The van der Waals surface area contributed by atoms with E-state index in [0.29, 0.717) is 0 Å². The lowest BCUT2D eigenvalue weighted by Gasteiger charge is -2.31. The fourth-order valence-electron chi connectivity index (χ4n) is 1.80. The maximum absolute atomic E-state index is 6.20. The van der Waals surface area contributed by atoms with E-state index >= 15 is 0 Å². The maximum atomic E-state index is 6.20. The third-order valence-corrected chi connectivity index (χ3v) is 3.90. The van der Waals surface area contributed by atoms with E-state index in [0.717, 1.165) is 5.92 Å². The first kappa shape index (κ1) is 9.46. The van der Waals surface area contributed by atoms with Crippen molar-refractivity contribution in [3.05, 3.63) is 33.4 Å². The van der Waals surface area contributed by atoms with Crippen LogP contribution < -0.4 is 5.73 Å². The second kappa shape index (κ2) is 3.96. The minimum Gasteiger partial charge on any atom is -0.324 e.